The van der Waals surface area contributed by atoms with E-state index >= 15 is 0 Å². The van der Waals surface area contributed by atoms with Gasteiger partial charge in [0.05, 0.1) is 5.56 Å². The third-order valence-electron chi connectivity index (χ3n) is 4.06. The molecule has 1 fully saturated rings. The fourth-order valence-electron chi connectivity index (χ4n) is 2.72. The lowest BCUT2D eigenvalue weighted by atomic mass is 10.2. The fraction of sp³-hybridized carbons (Fsp3) is 0.412. The number of benzene rings is 1. The van der Waals surface area contributed by atoms with Crippen LogP contribution >= 0.6 is 11.3 Å². The first-order valence-electron chi connectivity index (χ1n) is 8.26. The summed E-state index contributed by atoms with van der Waals surface area (Å²) in [7, 11) is 0. The summed E-state index contributed by atoms with van der Waals surface area (Å²) in [6, 6.07) is 3.65. The van der Waals surface area contributed by atoms with Crippen molar-refractivity contribution in [1.82, 2.24) is 20.5 Å². The maximum atomic E-state index is 13.8. The molecule has 134 valence electrons. The highest BCUT2D eigenvalue weighted by molar-refractivity contribution is 7.13. The Balaban J connectivity index is 1.52. The minimum Gasteiger partial charge on any atom is -0.351 e. The van der Waals surface area contributed by atoms with Gasteiger partial charge in [0.2, 0.25) is 0 Å². The van der Waals surface area contributed by atoms with E-state index in [4.69, 9.17) is 0 Å². The fourth-order valence-corrected chi connectivity index (χ4v) is 3.57. The molecule has 5 nitrogen and oxygen atoms in total. The Labute approximate surface area is 149 Å². The summed E-state index contributed by atoms with van der Waals surface area (Å²) in [5, 5.41) is 7.79. The molecule has 1 aromatic heterocycles. The van der Waals surface area contributed by atoms with Gasteiger partial charge in [-0.25, -0.2) is 13.8 Å². The van der Waals surface area contributed by atoms with Crippen molar-refractivity contribution in [3.8, 4) is 10.6 Å². The van der Waals surface area contributed by atoms with Crippen molar-refractivity contribution >= 4 is 17.2 Å². The molecule has 0 atom stereocenters. The first-order valence-corrected chi connectivity index (χ1v) is 9.14. The number of piperazine rings is 1. The van der Waals surface area contributed by atoms with E-state index in [1.807, 2.05) is 0 Å². The lowest BCUT2D eigenvalue weighted by Crippen LogP contribution is -2.44. The Bertz CT molecular complexity index is 711. The molecule has 2 heterocycles. The Kier molecular flexibility index (Phi) is 6.06. The van der Waals surface area contributed by atoms with Gasteiger partial charge < -0.3 is 15.5 Å². The summed E-state index contributed by atoms with van der Waals surface area (Å²) in [6.45, 7) is 5.53. The summed E-state index contributed by atoms with van der Waals surface area (Å²) in [5.74, 6) is -1.69. The maximum Gasteiger partial charge on any atom is 0.270 e. The van der Waals surface area contributed by atoms with Gasteiger partial charge in [0.1, 0.15) is 22.3 Å². The number of rotatable bonds is 6. The van der Waals surface area contributed by atoms with Crippen molar-refractivity contribution in [3.63, 3.8) is 0 Å². The van der Waals surface area contributed by atoms with Gasteiger partial charge in [-0.15, -0.1) is 11.3 Å². The number of hydrogen-bond acceptors (Lipinski definition) is 5. The van der Waals surface area contributed by atoms with E-state index in [0.717, 1.165) is 50.5 Å². The lowest BCUT2D eigenvalue weighted by molar-refractivity contribution is 0.0947. The van der Waals surface area contributed by atoms with Crippen LogP contribution in [0.1, 0.15) is 16.9 Å². The SMILES string of the molecule is O=C(NCCCN1CCNCC1)c1csc(-c2c(F)cccc2F)n1. The van der Waals surface area contributed by atoms with Gasteiger partial charge in [0, 0.05) is 38.1 Å². The Morgan fingerprint density at radius 3 is 2.72 bits per heavy atom. The zero-order chi connectivity index (χ0) is 17.6. The van der Waals surface area contributed by atoms with E-state index in [-0.39, 0.29) is 22.2 Å². The second-order valence-electron chi connectivity index (χ2n) is 5.84. The molecule has 8 heteroatoms. The van der Waals surface area contributed by atoms with Gasteiger partial charge in [0.15, 0.2) is 0 Å². The molecular formula is C17H20F2N4OS. The average Bonchev–Trinajstić information content (AvgIpc) is 3.09. The van der Waals surface area contributed by atoms with Crippen molar-refractivity contribution in [2.45, 2.75) is 6.42 Å². The van der Waals surface area contributed by atoms with Gasteiger partial charge >= 0.3 is 0 Å². The van der Waals surface area contributed by atoms with Crippen LogP contribution in [0.4, 0.5) is 8.78 Å². The first kappa shape index (κ1) is 17.9. The number of carbonyl (C=O) groups excluding carboxylic acids is 1. The minimum absolute atomic E-state index is 0.168. The van der Waals surface area contributed by atoms with Crippen LogP contribution in [0, 0.1) is 11.6 Å². The van der Waals surface area contributed by atoms with Crippen molar-refractivity contribution in [3.05, 3.63) is 40.9 Å². The normalized spacial score (nSPS) is 15.3. The van der Waals surface area contributed by atoms with E-state index < -0.39 is 11.6 Å². The number of aromatic nitrogens is 1. The van der Waals surface area contributed by atoms with E-state index in [1.165, 1.54) is 23.6 Å². The zero-order valence-corrected chi connectivity index (χ0v) is 14.5. The number of thiazole rings is 1. The van der Waals surface area contributed by atoms with Crippen LogP contribution in [0.25, 0.3) is 10.6 Å². The molecule has 1 aliphatic rings. The molecule has 2 N–H and O–H groups in total. The lowest BCUT2D eigenvalue weighted by Gasteiger charge is -2.26. The summed E-state index contributed by atoms with van der Waals surface area (Å²) >= 11 is 1.05. The van der Waals surface area contributed by atoms with Crippen molar-refractivity contribution < 1.29 is 13.6 Å². The second-order valence-corrected chi connectivity index (χ2v) is 6.69. The third kappa shape index (κ3) is 4.59. The van der Waals surface area contributed by atoms with Gasteiger partial charge in [-0.1, -0.05) is 6.07 Å². The molecule has 1 amide bonds. The number of hydrogen-bond donors (Lipinski definition) is 2. The number of nitrogens with zero attached hydrogens (tertiary/aromatic N) is 2. The number of amides is 1. The second kappa shape index (κ2) is 8.46. The molecule has 0 unspecified atom stereocenters. The van der Waals surface area contributed by atoms with Crippen LogP contribution in [0.5, 0.6) is 0 Å². The summed E-state index contributed by atoms with van der Waals surface area (Å²) < 4.78 is 27.6. The average molecular weight is 366 g/mol. The monoisotopic (exact) mass is 366 g/mol. The largest absolute Gasteiger partial charge is 0.351 e. The molecule has 25 heavy (non-hydrogen) atoms. The molecule has 0 spiro atoms. The van der Waals surface area contributed by atoms with Crippen LogP contribution in [0.3, 0.4) is 0 Å². The van der Waals surface area contributed by atoms with Gasteiger partial charge in [-0.3, -0.25) is 4.79 Å². The molecule has 0 saturated carbocycles. The molecule has 1 saturated heterocycles. The third-order valence-corrected chi connectivity index (χ3v) is 4.92. The summed E-state index contributed by atoms with van der Waals surface area (Å²) in [6.07, 6.45) is 0.852. The topological polar surface area (TPSA) is 57.3 Å². The van der Waals surface area contributed by atoms with Crippen LogP contribution in [-0.2, 0) is 0 Å². The molecule has 1 aromatic carbocycles. The Hall–Kier alpha value is -1.90. The van der Waals surface area contributed by atoms with E-state index in [1.54, 1.807) is 0 Å². The maximum absolute atomic E-state index is 13.8. The zero-order valence-electron chi connectivity index (χ0n) is 13.7. The highest BCUT2D eigenvalue weighted by atomic mass is 32.1. The molecule has 0 aliphatic carbocycles. The van der Waals surface area contributed by atoms with Crippen LogP contribution < -0.4 is 10.6 Å². The van der Waals surface area contributed by atoms with Crippen LogP contribution in [-0.4, -0.2) is 55.1 Å². The molecule has 0 radical (unpaired) electrons. The predicted molar refractivity (Wildman–Crippen MR) is 93.7 cm³/mol. The van der Waals surface area contributed by atoms with E-state index in [0.29, 0.717) is 6.54 Å². The highest BCUT2D eigenvalue weighted by Gasteiger charge is 2.17. The molecule has 2 aromatic rings. The number of nitrogens with one attached hydrogen (secondary N) is 2. The summed E-state index contributed by atoms with van der Waals surface area (Å²) in [4.78, 5) is 18.6. The van der Waals surface area contributed by atoms with Crippen molar-refractivity contribution in [2.75, 3.05) is 39.3 Å². The van der Waals surface area contributed by atoms with Gasteiger partial charge in [-0.2, -0.15) is 0 Å². The predicted octanol–water partition coefficient (Wildman–Crippen LogP) is 2.11. The Morgan fingerprint density at radius 2 is 2.00 bits per heavy atom. The number of halogens is 2. The first-order chi connectivity index (χ1) is 12.1. The van der Waals surface area contributed by atoms with Gasteiger partial charge in [0.25, 0.3) is 5.91 Å². The summed E-state index contributed by atoms with van der Waals surface area (Å²) in [5.41, 5.74) is -0.00455. The van der Waals surface area contributed by atoms with E-state index in [9.17, 15) is 13.6 Å². The van der Waals surface area contributed by atoms with Crippen LogP contribution in [0.2, 0.25) is 0 Å². The van der Waals surface area contributed by atoms with Crippen LogP contribution in [0.15, 0.2) is 23.6 Å². The van der Waals surface area contributed by atoms with Crippen molar-refractivity contribution in [2.24, 2.45) is 0 Å². The quantitative estimate of drug-likeness (QED) is 0.769. The van der Waals surface area contributed by atoms with Crippen molar-refractivity contribution in [1.29, 1.82) is 0 Å². The molecule has 1 aliphatic heterocycles. The molecule has 0 bridgehead atoms. The van der Waals surface area contributed by atoms with E-state index in [2.05, 4.69) is 20.5 Å². The Morgan fingerprint density at radius 1 is 1.28 bits per heavy atom. The van der Waals surface area contributed by atoms with Gasteiger partial charge in [-0.05, 0) is 25.1 Å². The highest BCUT2D eigenvalue weighted by Crippen LogP contribution is 2.28. The molecular weight excluding hydrogens is 346 g/mol. The minimum atomic E-state index is -0.683. The number of carbonyl (C=O) groups is 1. The standard InChI is InChI=1S/C17H20F2N4OS/c18-12-3-1-4-13(19)15(12)17-22-14(11-25-17)16(24)21-5-2-8-23-9-6-20-7-10-23/h1,3-4,11,20H,2,5-10H2,(H,21,24). The molecule has 3 rings (SSSR count). The smallest absolute Gasteiger partial charge is 0.270 e.